The number of benzene rings is 1. The second-order valence-corrected chi connectivity index (χ2v) is 8.01. The minimum absolute atomic E-state index is 0.0177. The van der Waals surface area contributed by atoms with Crippen LogP contribution in [0.3, 0.4) is 0 Å². The molecular weight excluding hydrogens is 428 g/mol. The molecule has 0 unspecified atom stereocenters. The fourth-order valence-electron chi connectivity index (χ4n) is 3.02. The molecule has 1 aliphatic rings. The smallest absolute Gasteiger partial charge is 0.356 e. The minimum Gasteiger partial charge on any atom is -0.356 e. The van der Waals surface area contributed by atoms with Gasteiger partial charge < -0.3 is 4.90 Å². The number of hydrogen-bond donors (Lipinski definition) is 0. The van der Waals surface area contributed by atoms with Gasteiger partial charge in [-0.25, -0.2) is 18.2 Å². The third-order valence-electron chi connectivity index (χ3n) is 4.58. The standard InChI is InChI=1S/C20H19F6N3S/c1-13-9-15(21)16(10-17(13)30-12-20(24,25)26)28-18(14-3-2-6-27-11-14)29-7-4-19(22,23)5-8-29/h2-3,6,9-11H,4-5,7-8,12H2,1H3. The fraction of sp³-hybridized carbons (Fsp3) is 0.400. The van der Waals surface area contributed by atoms with Gasteiger partial charge >= 0.3 is 6.18 Å². The molecule has 0 aliphatic carbocycles. The number of nitrogens with zero attached hydrogens (tertiary/aromatic N) is 3. The Balaban J connectivity index is 1.98. The van der Waals surface area contributed by atoms with E-state index in [0.29, 0.717) is 22.9 Å². The van der Waals surface area contributed by atoms with Crippen LogP contribution in [0.25, 0.3) is 0 Å². The Bertz CT molecular complexity index is 905. The maximum absolute atomic E-state index is 14.6. The van der Waals surface area contributed by atoms with Crippen LogP contribution in [0.2, 0.25) is 0 Å². The summed E-state index contributed by atoms with van der Waals surface area (Å²) in [5.41, 5.74) is 0.717. The highest BCUT2D eigenvalue weighted by molar-refractivity contribution is 7.99. The quantitative estimate of drug-likeness (QED) is 0.249. The highest BCUT2D eigenvalue weighted by Gasteiger charge is 2.35. The van der Waals surface area contributed by atoms with Crippen LogP contribution in [0.5, 0.6) is 0 Å². The largest absolute Gasteiger partial charge is 0.398 e. The number of hydrogen-bond acceptors (Lipinski definition) is 3. The van der Waals surface area contributed by atoms with Gasteiger partial charge in [0.05, 0.1) is 5.75 Å². The van der Waals surface area contributed by atoms with E-state index in [2.05, 4.69) is 9.98 Å². The number of rotatable bonds is 4. The van der Waals surface area contributed by atoms with Gasteiger partial charge in [0, 0.05) is 48.8 Å². The molecule has 3 nitrogen and oxygen atoms in total. The number of thioether (sulfide) groups is 1. The number of alkyl halides is 5. The van der Waals surface area contributed by atoms with E-state index in [1.807, 2.05) is 0 Å². The lowest BCUT2D eigenvalue weighted by molar-refractivity contribution is -0.105. The fourth-order valence-corrected chi connectivity index (χ4v) is 3.82. The van der Waals surface area contributed by atoms with Gasteiger partial charge in [0.2, 0.25) is 0 Å². The summed E-state index contributed by atoms with van der Waals surface area (Å²) >= 11 is 0.549. The molecule has 3 rings (SSSR count). The Morgan fingerprint density at radius 2 is 1.93 bits per heavy atom. The summed E-state index contributed by atoms with van der Waals surface area (Å²) in [6.45, 7) is 1.55. The Morgan fingerprint density at radius 1 is 1.23 bits per heavy atom. The van der Waals surface area contributed by atoms with Crippen LogP contribution in [0.15, 0.2) is 46.5 Å². The summed E-state index contributed by atoms with van der Waals surface area (Å²) in [5, 5.41) is 0. The molecule has 2 aromatic rings. The predicted molar refractivity (Wildman–Crippen MR) is 104 cm³/mol. The number of aromatic nitrogens is 1. The SMILES string of the molecule is Cc1cc(F)c(N=C(c2cccnc2)N2CCC(F)(F)CC2)cc1SCC(F)(F)F. The normalized spacial score (nSPS) is 17.3. The summed E-state index contributed by atoms with van der Waals surface area (Å²) in [4.78, 5) is 10.2. The lowest BCUT2D eigenvalue weighted by Crippen LogP contribution is -2.43. The van der Waals surface area contributed by atoms with E-state index in [1.165, 1.54) is 25.4 Å². The van der Waals surface area contributed by atoms with Crippen LogP contribution in [-0.4, -0.2) is 46.7 Å². The average molecular weight is 447 g/mol. The summed E-state index contributed by atoms with van der Waals surface area (Å²) in [5.74, 6) is -4.33. The van der Waals surface area contributed by atoms with Crippen molar-refractivity contribution in [1.82, 2.24) is 9.88 Å². The number of piperidine rings is 1. The van der Waals surface area contributed by atoms with E-state index < -0.39 is 23.7 Å². The number of aliphatic imine (C=N–C) groups is 1. The number of likely N-dealkylation sites (tertiary alicyclic amines) is 1. The highest BCUT2D eigenvalue weighted by atomic mass is 32.2. The first-order valence-corrected chi connectivity index (χ1v) is 10.1. The third kappa shape index (κ3) is 5.90. The van der Waals surface area contributed by atoms with E-state index in [4.69, 9.17) is 0 Å². The number of halogens is 6. The molecule has 0 amide bonds. The van der Waals surface area contributed by atoms with Crippen LogP contribution in [-0.2, 0) is 0 Å². The average Bonchev–Trinajstić information content (AvgIpc) is 2.67. The lowest BCUT2D eigenvalue weighted by Gasteiger charge is -2.34. The van der Waals surface area contributed by atoms with Crippen molar-refractivity contribution in [3.05, 3.63) is 53.6 Å². The molecule has 162 valence electrons. The molecule has 0 radical (unpaired) electrons. The van der Waals surface area contributed by atoms with E-state index in [0.717, 1.165) is 6.07 Å². The van der Waals surface area contributed by atoms with Crippen molar-refractivity contribution in [2.24, 2.45) is 4.99 Å². The maximum Gasteiger partial charge on any atom is 0.398 e. The molecule has 0 saturated carbocycles. The third-order valence-corrected chi connectivity index (χ3v) is 5.80. The van der Waals surface area contributed by atoms with Crippen LogP contribution in [0.4, 0.5) is 32.0 Å². The van der Waals surface area contributed by atoms with E-state index >= 15 is 0 Å². The maximum atomic E-state index is 14.6. The van der Waals surface area contributed by atoms with Crippen molar-refractivity contribution in [3.63, 3.8) is 0 Å². The first-order chi connectivity index (χ1) is 14.0. The molecule has 2 heterocycles. The van der Waals surface area contributed by atoms with Crippen LogP contribution >= 0.6 is 11.8 Å². The molecule has 30 heavy (non-hydrogen) atoms. The van der Waals surface area contributed by atoms with Crippen molar-refractivity contribution < 1.29 is 26.3 Å². The Kier molecular flexibility index (Phi) is 6.64. The minimum atomic E-state index is -4.37. The van der Waals surface area contributed by atoms with E-state index in [-0.39, 0.29) is 42.3 Å². The zero-order chi connectivity index (χ0) is 21.9. The van der Waals surface area contributed by atoms with Crippen molar-refractivity contribution in [2.75, 3.05) is 18.8 Å². The van der Waals surface area contributed by atoms with Crippen molar-refractivity contribution in [1.29, 1.82) is 0 Å². The van der Waals surface area contributed by atoms with Gasteiger partial charge in [0.15, 0.2) is 0 Å². The van der Waals surface area contributed by atoms with Gasteiger partial charge in [-0.05, 0) is 36.8 Å². The molecule has 1 saturated heterocycles. The van der Waals surface area contributed by atoms with Crippen molar-refractivity contribution >= 4 is 23.3 Å². The zero-order valence-corrected chi connectivity index (χ0v) is 16.8. The van der Waals surface area contributed by atoms with Gasteiger partial charge in [-0.3, -0.25) is 4.98 Å². The summed E-state index contributed by atoms with van der Waals surface area (Å²) in [6, 6.07) is 5.70. The van der Waals surface area contributed by atoms with Crippen LogP contribution in [0.1, 0.15) is 24.0 Å². The zero-order valence-electron chi connectivity index (χ0n) is 16.0. The number of amidine groups is 1. The molecular formula is C20H19F6N3S. The van der Waals surface area contributed by atoms with E-state index in [9.17, 15) is 26.3 Å². The number of aryl methyl sites for hydroxylation is 1. The Labute approximate surface area is 174 Å². The molecule has 1 aromatic carbocycles. The molecule has 0 spiro atoms. The highest BCUT2D eigenvalue weighted by Crippen LogP contribution is 2.34. The molecule has 0 bridgehead atoms. The Hall–Kier alpha value is -2.23. The van der Waals surface area contributed by atoms with Gasteiger partial charge in [0.25, 0.3) is 5.92 Å². The molecule has 10 heteroatoms. The topological polar surface area (TPSA) is 28.5 Å². The monoisotopic (exact) mass is 447 g/mol. The summed E-state index contributed by atoms with van der Waals surface area (Å²) < 4.78 is 79.5. The van der Waals surface area contributed by atoms with Gasteiger partial charge in [-0.1, -0.05) is 0 Å². The van der Waals surface area contributed by atoms with Crippen LogP contribution in [0, 0.1) is 12.7 Å². The number of pyridine rings is 1. The second-order valence-electron chi connectivity index (χ2n) is 6.99. The molecule has 0 N–H and O–H groups in total. The summed E-state index contributed by atoms with van der Waals surface area (Å²) in [6.07, 6.45) is -2.08. The van der Waals surface area contributed by atoms with Crippen molar-refractivity contribution in [2.45, 2.75) is 36.8 Å². The van der Waals surface area contributed by atoms with Gasteiger partial charge in [0.1, 0.15) is 17.3 Å². The molecule has 0 atom stereocenters. The lowest BCUT2D eigenvalue weighted by atomic mass is 10.1. The Morgan fingerprint density at radius 3 is 2.53 bits per heavy atom. The first kappa shape index (κ1) is 22.5. The molecule has 1 aromatic heterocycles. The van der Waals surface area contributed by atoms with Crippen molar-refractivity contribution in [3.8, 4) is 0 Å². The van der Waals surface area contributed by atoms with E-state index in [1.54, 1.807) is 17.0 Å². The predicted octanol–water partition coefficient (Wildman–Crippen LogP) is 5.99. The molecule has 1 fully saturated rings. The van der Waals surface area contributed by atoms with Gasteiger partial charge in [-0.15, -0.1) is 11.8 Å². The second kappa shape index (κ2) is 8.87. The first-order valence-electron chi connectivity index (χ1n) is 9.16. The van der Waals surface area contributed by atoms with Crippen LogP contribution < -0.4 is 0 Å². The van der Waals surface area contributed by atoms with Gasteiger partial charge in [-0.2, -0.15) is 13.2 Å². The summed E-state index contributed by atoms with van der Waals surface area (Å²) in [7, 11) is 0. The molecule has 1 aliphatic heterocycles.